The summed E-state index contributed by atoms with van der Waals surface area (Å²) in [5, 5.41) is 24.0. The Morgan fingerprint density at radius 3 is 2.24 bits per heavy atom. The lowest BCUT2D eigenvalue weighted by Gasteiger charge is -2.32. The van der Waals surface area contributed by atoms with E-state index in [1.165, 1.54) is 4.90 Å². The molecule has 178 valence electrons. The van der Waals surface area contributed by atoms with Crippen molar-refractivity contribution in [3.8, 4) is 35.4 Å². The van der Waals surface area contributed by atoms with Gasteiger partial charge in [-0.15, -0.1) is 23.0 Å². The summed E-state index contributed by atoms with van der Waals surface area (Å²) in [5.74, 6) is -0.784. The van der Waals surface area contributed by atoms with Crippen LogP contribution in [0.1, 0.15) is 45.6 Å². The Bertz CT molecular complexity index is 1080. The van der Waals surface area contributed by atoms with Crippen LogP contribution in [-0.4, -0.2) is 48.5 Å². The third-order valence-corrected chi connectivity index (χ3v) is 5.42. The van der Waals surface area contributed by atoms with Gasteiger partial charge in [-0.3, -0.25) is 4.79 Å². The summed E-state index contributed by atoms with van der Waals surface area (Å²) in [5.41, 5.74) is 3.66. The molecule has 3 rings (SSSR count). The first-order chi connectivity index (χ1) is 16.4. The second-order valence-electron chi connectivity index (χ2n) is 8.13. The molecule has 0 aliphatic heterocycles. The average Bonchev–Trinajstić information content (AvgIpc) is 3.38. The molecule has 0 unspecified atom stereocenters. The van der Waals surface area contributed by atoms with Crippen molar-refractivity contribution in [2.45, 2.75) is 52.6 Å². The van der Waals surface area contributed by atoms with E-state index in [4.69, 9.17) is 0 Å². The summed E-state index contributed by atoms with van der Waals surface area (Å²) in [6.45, 7) is 5.93. The summed E-state index contributed by atoms with van der Waals surface area (Å²) in [6, 6.07) is 14.7. The number of carbonyl (C=O) groups excluding carboxylic acids is 1. The van der Waals surface area contributed by atoms with Gasteiger partial charge in [-0.05, 0) is 34.2 Å². The predicted molar refractivity (Wildman–Crippen MR) is 131 cm³/mol. The number of nitrogens with zero attached hydrogens (tertiary/aromatic N) is 4. The standard InChI is InChI=1S/C24H29N5O3.C2H2/c1-4-5-10-21(30)29(22(16(2)3)24(31)32)15-17-11-13-18(14-12-17)19-8-6-7-9-20(19)23-25-27-28-26-23;1-2/h6-9,11-14,16,22H,4-5,10,15H2,1-3H3,(H,31,32)(H,25,26,27,28);1-2H/t22-;/m0./s1. The smallest absolute Gasteiger partial charge is 0.326 e. The number of hydrogen-bond acceptors (Lipinski definition) is 5. The van der Waals surface area contributed by atoms with E-state index in [1.54, 1.807) is 0 Å². The van der Waals surface area contributed by atoms with Crippen molar-refractivity contribution in [3.05, 3.63) is 54.1 Å². The summed E-state index contributed by atoms with van der Waals surface area (Å²) in [4.78, 5) is 26.3. The Hall–Kier alpha value is -3.99. The molecule has 3 aromatic rings. The van der Waals surface area contributed by atoms with Crippen LogP contribution < -0.4 is 0 Å². The fraction of sp³-hybridized carbons (Fsp3) is 0.346. The molecule has 2 N–H and O–H groups in total. The Morgan fingerprint density at radius 1 is 1.06 bits per heavy atom. The summed E-state index contributed by atoms with van der Waals surface area (Å²) < 4.78 is 0. The number of terminal acetylenes is 1. The predicted octanol–water partition coefficient (Wildman–Crippen LogP) is 4.41. The lowest BCUT2D eigenvalue weighted by molar-refractivity contribution is -0.153. The average molecular weight is 462 g/mol. The molecular formula is C26H31N5O3. The lowest BCUT2D eigenvalue weighted by atomic mass is 9.97. The number of tetrazole rings is 1. The van der Waals surface area contributed by atoms with Gasteiger partial charge in [0.05, 0.1) is 0 Å². The molecule has 0 aliphatic rings. The SMILES string of the molecule is C#C.CCCCC(=O)N(Cc1ccc(-c2ccccc2-c2nn[nH]n2)cc1)[C@H](C(=O)O)C(C)C. The first kappa shape index (κ1) is 26.3. The van der Waals surface area contributed by atoms with Crippen LogP contribution in [0.2, 0.25) is 0 Å². The van der Waals surface area contributed by atoms with Crippen molar-refractivity contribution in [2.24, 2.45) is 5.92 Å². The van der Waals surface area contributed by atoms with Crippen LogP contribution in [0, 0.1) is 18.8 Å². The minimum absolute atomic E-state index is 0.125. The fourth-order valence-electron chi connectivity index (χ4n) is 3.78. The van der Waals surface area contributed by atoms with Crippen molar-refractivity contribution >= 4 is 11.9 Å². The zero-order valence-corrected chi connectivity index (χ0v) is 19.8. The minimum Gasteiger partial charge on any atom is -0.480 e. The molecule has 0 radical (unpaired) electrons. The first-order valence-electron chi connectivity index (χ1n) is 11.2. The van der Waals surface area contributed by atoms with Crippen LogP contribution >= 0.6 is 0 Å². The highest BCUT2D eigenvalue weighted by Crippen LogP contribution is 2.30. The first-order valence-corrected chi connectivity index (χ1v) is 11.2. The van der Waals surface area contributed by atoms with Gasteiger partial charge in [-0.2, -0.15) is 5.21 Å². The quantitative estimate of drug-likeness (QED) is 0.433. The van der Waals surface area contributed by atoms with Gasteiger partial charge in [-0.25, -0.2) is 4.79 Å². The molecular weight excluding hydrogens is 430 g/mol. The lowest BCUT2D eigenvalue weighted by Crippen LogP contribution is -2.47. The highest BCUT2D eigenvalue weighted by molar-refractivity contribution is 5.84. The number of amides is 1. The molecule has 0 fully saturated rings. The van der Waals surface area contributed by atoms with Crippen molar-refractivity contribution in [2.75, 3.05) is 0 Å². The highest BCUT2D eigenvalue weighted by Gasteiger charge is 2.32. The van der Waals surface area contributed by atoms with Gasteiger partial charge in [0.15, 0.2) is 0 Å². The zero-order valence-electron chi connectivity index (χ0n) is 19.8. The molecule has 0 saturated carbocycles. The third kappa shape index (κ3) is 6.51. The van der Waals surface area contributed by atoms with Crippen LogP contribution in [0.4, 0.5) is 0 Å². The molecule has 8 nitrogen and oxygen atoms in total. The Labute approximate surface area is 200 Å². The number of rotatable bonds is 10. The molecule has 0 aliphatic carbocycles. The fourth-order valence-corrected chi connectivity index (χ4v) is 3.78. The number of aromatic nitrogens is 4. The number of unbranched alkanes of at least 4 members (excludes halogenated alkanes) is 1. The second-order valence-corrected chi connectivity index (χ2v) is 8.13. The molecule has 1 atom stereocenters. The monoisotopic (exact) mass is 461 g/mol. The van der Waals surface area contributed by atoms with E-state index in [9.17, 15) is 14.7 Å². The van der Waals surface area contributed by atoms with E-state index in [1.807, 2.05) is 69.3 Å². The Balaban J connectivity index is 0.00000199. The summed E-state index contributed by atoms with van der Waals surface area (Å²) in [7, 11) is 0. The van der Waals surface area contributed by atoms with Gasteiger partial charge in [0, 0.05) is 18.5 Å². The van der Waals surface area contributed by atoms with Gasteiger partial charge < -0.3 is 10.0 Å². The number of aromatic amines is 1. The Morgan fingerprint density at radius 2 is 1.71 bits per heavy atom. The second kappa shape index (κ2) is 12.9. The summed E-state index contributed by atoms with van der Waals surface area (Å²) in [6.07, 6.45) is 9.97. The van der Waals surface area contributed by atoms with Gasteiger partial charge in [0.2, 0.25) is 11.7 Å². The van der Waals surface area contributed by atoms with E-state index < -0.39 is 12.0 Å². The Kier molecular flexibility index (Phi) is 9.96. The third-order valence-electron chi connectivity index (χ3n) is 5.42. The van der Waals surface area contributed by atoms with Crippen LogP contribution in [0.25, 0.3) is 22.5 Å². The highest BCUT2D eigenvalue weighted by atomic mass is 16.4. The number of benzene rings is 2. The maximum absolute atomic E-state index is 12.9. The van der Waals surface area contributed by atoms with Gasteiger partial charge >= 0.3 is 5.97 Å². The van der Waals surface area contributed by atoms with E-state index in [0.29, 0.717) is 12.2 Å². The number of carboxylic acid groups (broad SMARTS) is 1. The minimum atomic E-state index is -0.976. The molecule has 1 aromatic heterocycles. The van der Waals surface area contributed by atoms with Crippen molar-refractivity contribution in [1.82, 2.24) is 25.5 Å². The maximum Gasteiger partial charge on any atom is 0.326 e. The van der Waals surface area contributed by atoms with E-state index >= 15 is 0 Å². The van der Waals surface area contributed by atoms with E-state index in [-0.39, 0.29) is 18.4 Å². The largest absolute Gasteiger partial charge is 0.480 e. The molecule has 8 heteroatoms. The zero-order chi connectivity index (χ0) is 25.1. The van der Waals surface area contributed by atoms with E-state index in [2.05, 4.69) is 33.5 Å². The molecule has 34 heavy (non-hydrogen) atoms. The van der Waals surface area contributed by atoms with Crippen LogP contribution in [0.5, 0.6) is 0 Å². The summed E-state index contributed by atoms with van der Waals surface area (Å²) >= 11 is 0. The normalized spacial score (nSPS) is 11.4. The molecule has 0 spiro atoms. The number of nitrogens with one attached hydrogen (secondary N) is 1. The number of carboxylic acids is 1. The maximum atomic E-state index is 12.9. The number of hydrogen-bond donors (Lipinski definition) is 2. The van der Waals surface area contributed by atoms with Crippen LogP contribution in [-0.2, 0) is 16.1 Å². The van der Waals surface area contributed by atoms with Crippen molar-refractivity contribution < 1.29 is 14.7 Å². The topological polar surface area (TPSA) is 112 Å². The van der Waals surface area contributed by atoms with E-state index in [0.717, 1.165) is 35.1 Å². The molecule has 1 heterocycles. The van der Waals surface area contributed by atoms with Gasteiger partial charge in [0.1, 0.15) is 6.04 Å². The number of aliphatic carboxylic acids is 1. The van der Waals surface area contributed by atoms with Crippen LogP contribution in [0.3, 0.4) is 0 Å². The molecule has 2 aromatic carbocycles. The molecule has 0 bridgehead atoms. The van der Waals surface area contributed by atoms with Crippen molar-refractivity contribution in [1.29, 1.82) is 0 Å². The van der Waals surface area contributed by atoms with Gasteiger partial charge in [-0.1, -0.05) is 75.7 Å². The molecule has 1 amide bonds. The number of H-pyrrole nitrogens is 1. The molecule has 0 saturated heterocycles. The number of carbonyl (C=O) groups is 2. The van der Waals surface area contributed by atoms with Crippen LogP contribution in [0.15, 0.2) is 48.5 Å². The van der Waals surface area contributed by atoms with Gasteiger partial charge in [0.25, 0.3) is 0 Å². The van der Waals surface area contributed by atoms with Crippen molar-refractivity contribution in [3.63, 3.8) is 0 Å².